The van der Waals surface area contributed by atoms with Gasteiger partial charge in [0.05, 0.1) is 5.69 Å². The first kappa shape index (κ1) is 11.1. The van der Waals surface area contributed by atoms with E-state index in [1.54, 1.807) is 0 Å². The van der Waals surface area contributed by atoms with Crippen molar-refractivity contribution in [1.29, 1.82) is 5.41 Å². The Bertz CT molecular complexity index is 432. The zero-order valence-corrected chi connectivity index (χ0v) is 9.96. The van der Waals surface area contributed by atoms with Crippen LogP contribution in [0, 0.1) is 11.3 Å². The molecule has 1 aliphatic rings. The average molecular weight is 214 g/mol. The Hall–Kier alpha value is -1.44. The van der Waals surface area contributed by atoms with E-state index in [4.69, 9.17) is 10.4 Å². The van der Waals surface area contributed by atoms with E-state index < -0.39 is 0 Å². The van der Waals surface area contributed by atoms with E-state index in [9.17, 15) is 0 Å². The molecule has 0 spiro atoms. The van der Waals surface area contributed by atoms with Gasteiger partial charge in [0, 0.05) is 17.8 Å². The van der Waals surface area contributed by atoms with Crippen LogP contribution < -0.4 is 0 Å². The summed E-state index contributed by atoms with van der Waals surface area (Å²) >= 11 is 0. The van der Waals surface area contributed by atoms with Crippen LogP contribution in [0.2, 0.25) is 0 Å². The number of aryl methyl sites for hydroxylation is 1. The van der Waals surface area contributed by atoms with E-state index in [0.29, 0.717) is 5.92 Å². The van der Waals surface area contributed by atoms with Gasteiger partial charge in [-0.1, -0.05) is 32.0 Å². The molecule has 1 fully saturated rings. The first-order valence-electron chi connectivity index (χ1n) is 5.92. The zero-order chi connectivity index (χ0) is 11.5. The van der Waals surface area contributed by atoms with Crippen molar-refractivity contribution in [1.82, 2.24) is 0 Å². The predicted octanol–water partition coefficient (Wildman–Crippen LogP) is 3.77. The summed E-state index contributed by atoms with van der Waals surface area (Å²) in [5.41, 5.74) is 4.37. The molecule has 2 heteroatoms. The molecule has 1 aromatic carbocycles. The van der Waals surface area contributed by atoms with Gasteiger partial charge in [0.2, 0.25) is 0 Å². The number of nitrogens with zero attached hydrogens (tertiary/aromatic N) is 1. The fourth-order valence-corrected chi connectivity index (χ4v) is 2.12. The second-order valence-corrected chi connectivity index (χ2v) is 4.47. The Labute approximate surface area is 96.9 Å². The fraction of sp³-hybridized carbons (Fsp3) is 0.429. The molecule has 0 amide bonds. The minimum Gasteiger partial charge on any atom is -0.309 e. The first-order chi connectivity index (χ1) is 7.70. The Kier molecular flexibility index (Phi) is 3.18. The molecule has 16 heavy (non-hydrogen) atoms. The van der Waals surface area contributed by atoms with Crippen LogP contribution >= 0.6 is 0 Å². The maximum Gasteiger partial charge on any atom is 0.0661 e. The number of benzene rings is 1. The van der Waals surface area contributed by atoms with Crippen molar-refractivity contribution in [2.75, 3.05) is 0 Å². The standard InChI is InChI=1S/C14H18N2/c1-3-11-6-4-5-7-14(11)16-12-8-10(2)13(15)9-12/h4-7,10,15H,3,8-9H2,1-2H3. The monoisotopic (exact) mass is 214 g/mol. The summed E-state index contributed by atoms with van der Waals surface area (Å²) in [5, 5.41) is 7.77. The summed E-state index contributed by atoms with van der Waals surface area (Å²) in [6.07, 6.45) is 2.73. The lowest BCUT2D eigenvalue weighted by atomic mass is 10.1. The van der Waals surface area contributed by atoms with Gasteiger partial charge < -0.3 is 5.41 Å². The topological polar surface area (TPSA) is 36.2 Å². The molecule has 2 nitrogen and oxygen atoms in total. The Morgan fingerprint density at radius 1 is 1.38 bits per heavy atom. The fourth-order valence-electron chi connectivity index (χ4n) is 2.12. The van der Waals surface area contributed by atoms with Crippen LogP contribution in [-0.4, -0.2) is 11.4 Å². The molecule has 1 unspecified atom stereocenters. The summed E-state index contributed by atoms with van der Waals surface area (Å²) in [4.78, 5) is 4.71. The molecule has 1 aromatic rings. The quantitative estimate of drug-likeness (QED) is 0.778. The van der Waals surface area contributed by atoms with Gasteiger partial charge in [0.1, 0.15) is 0 Å². The maximum atomic E-state index is 7.77. The van der Waals surface area contributed by atoms with Crippen molar-refractivity contribution in [2.45, 2.75) is 33.1 Å². The lowest BCUT2D eigenvalue weighted by Crippen LogP contribution is -1.97. The summed E-state index contributed by atoms with van der Waals surface area (Å²) in [6.45, 7) is 4.26. The highest BCUT2D eigenvalue weighted by Crippen LogP contribution is 2.25. The van der Waals surface area contributed by atoms with Gasteiger partial charge in [-0.15, -0.1) is 0 Å². The average Bonchev–Trinajstić information content (AvgIpc) is 2.59. The third kappa shape index (κ3) is 2.21. The molecule has 0 bridgehead atoms. The second-order valence-electron chi connectivity index (χ2n) is 4.47. The highest BCUT2D eigenvalue weighted by atomic mass is 14.8. The van der Waals surface area contributed by atoms with E-state index >= 15 is 0 Å². The third-order valence-electron chi connectivity index (χ3n) is 3.18. The van der Waals surface area contributed by atoms with Crippen LogP contribution in [0.25, 0.3) is 0 Å². The molecule has 2 rings (SSSR count). The van der Waals surface area contributed by atoms with Crippen LogP contribution in [0.15, 0.2) is 29.3 Å². The van der Waals surface area contributed by atoms with Crippen LogP contribution in [0.4, 0.5) is 5.69 Å². The predicted molar refractivity (Wildman–Crippen MR) is 69.0 cm³/mol. The van der Waals surface area contributed by atoms with Gasteiger partial charge in [0.15, 0.2) is 0 Å². The maximum absolute atomic E-state index is 7.77. The molecule has 0 aromatic heterocycles. The number of hydrogen-bond donors (Lipinski definition) is 1. The zero-order valence-electron chi connectivity index (χ0n) is 9.96. The van der Waals surface area contributed by atoms with E-state index in [2.05, 4.69) is 32.0 Å². The normalized spacial score (nSPS) is 23.0. The van der Waals surface area contributed by atoms with Gasteiger partial charge in [0.25, 0.3) is 0 Å². The Morgan fingerprint density at radius 2 is 2.12 bits per heavy atom. The van der Waals surface area contributed by atoms with Gasteiger partial charge >= 0.3 is 0 Å². The summed E-state index contributed by atoms with van der Waals surface area (Å²) in [7, 11) is 0. The Balaban J connectivity index is 2.26. The summed E-state index contributed by atoms with van der Waals surface area (Å²) < 4.78 is 0. The molecule has 1 N–H and O–H groups in total. The molecule has 0 saturated heterocycles. The number of aliphatic imine (C=N–C) groups is 1. The molecule has 0 aliphatic heterocycles. The van der Waals surface area contributed by atoms with E-state index in [-0.39, 0.29) is 0 Å². The largest absolute Gasteiger partial charge is 0.309 e. The van der Waals surface area contributed by atoms with Gasteiger partial charge in [-0.05, 0) is 30.4 Å². The SMILES string of the molecule is CCc1ccccc1N=C1CC(=N)C(C)C1. The van der Waals surface area contributed by atoms with E-state index in [1.165, 1.54) is 11.3 Å². The van der Waals surface area contributed by atoms with Crippen molar-refractivity contribution >= 4 is 17.1 Å². The molecule has 1 saturated carbocycles. The lowest BCUT2D eigenvalue weighted by molar-refractivity contribution is 0.837. The highest BCUT2D eigenvalue weighted by molar-refractivity contribution is 6.11. The van der Waals surface area contributed by atoms with Crippen molar-refractivity contribution in [3.8, 4) is 0 Å². The summed E-state index contributed by atoms with van der Waals surface area (Å²) in [5.74, 6) is 0.382. The number of nitrogens with one attached hydrogen (secondary N) is 1. The minimum absolute atomic E-state index is 0.382. The van der Waals surface area contributed by atoms with Gasteiger partial charge in [-0.25, -0.2) is 0 Å². The lowest BCUT2D eigenvalue weighted by Gasteiger charge is -2.03. The molecule has 1 aliphatic carbocycles. The second kappa shape index (κ2) is 4.60. The number of para-hydroxylation sites is 1. The van der Waals surface area contributed by atoms with Crippen LogP contribution in [0.3, 0.4) is 0 Å². The Morgan fingerprint density at radius 3 is 2.75 bits per heavy atom. The molecule has 84 valence electrons. The summed E-state index contributed by atoms with van der Waals surface area (Å²) in [6, 6.07) is 8.28. The van der Waals surface area contributed by atoms with Gasteiger partial charge in [-0.2, -0.15) is 0 Å². The van der Waals surface area contributed by atoms with Crippen molar-refractivity contribution in [3.05, 3.63) is 29.8 Å². The highest BCUT2D eigenvalue weighted by Gasteiger charge is 2.22. The smallest absolute Gasteiger partial charge is 0.0661 e. The minimum atomic E-state index is 0.382. The number of hydrogen-bond acceptors (Lipinski definition) is 2. The number of rotatable bonds is 2. The van der Waals surface area contributed by atoms with Crippen molar-refractivity contribution in [3.63, 3.8) is 0 Å². The van der Waals surface area contributed by atoms with Crippen molar-refractivity contribution in [2.24, 2.45) is 10.9 Å². The van der Waals surface area contributed by atoms with Gasteiger partial charge in [-0.3, -0.25) is 4.99 Å². The van der Waals surface area contributed by atoms with Crippen molar-refractivity contribution < 1.29 is 0 Å². The van der Waals surface area contributed by atoms with E-state index in [0.717, 1.165) is 30.7 Å². The van der Waals surface area contributed by atoms with Crippen LogP contribution in [0.5, 0.6) is 0 Å². The molecule has 0 radical (unpaired) electrons. The van der Waals surface area contributed by atoms with Crippen LogP contribution in [0.1, 0.15) is 32.3 Å². The van der Waals surface area contributed by atoms with E-state index in [1.807, 2.05) is 6.07 Å². The first-order valence-corrected chi connectivity index (χ1v) is 5.92. The van der Waals surface area contributed by atoms with Crippen LogP contribution in [-0.2, 0) is 6.42 Å². The molecule has 0 heterocycles. The molecular weight excluding hydrogens is 196 g/mol. The molecule has 1 atom stereocenters. The third-order valence-corrected chi connectivity index (χ3v) is 3.18. The molecular formula is C14H18N2.